The molecule has 0 radical (unpaired) electrons. The summed E-state index contributed by atoms with van der Waals surface area (Å²) < 4.78 is 2.05. The van der Waals surface area contributed by atoms with Crippen molar-refractivity contribution in [1.82, 2.24) is 0 Å². The third-order valence-corrected chi connectivity index (χ3v) is 6.64. The van der Waals surface area contributed by atoms with Gasteiger partial charge in [0.05, 0.1) is 11.5 Å². The summed E-state index contributed by atoms with van der Waals surface area (Å²) in [6, 6.07) is 12.5. The van der Waals surface area contributed by atoms with Crippen molar-refractivity contribution in [2.45, 2.75) is 26.0 Å². The summed E-state index contributed by atoms with van der Waals surface area (Å²) in [4.78, 5) is 12.7. The molecule has 0 fully saturated rings. The Morgan fingerprint density at radius 1 is 1.22 bits per heavy atom. The Kier molecular flexibility index (Phi) is 4.44. The van der Waals surface area contributed by atoms with Crippen molar-refractivity contribution in [2.75, 3.05) is 23.7 Å². The molecule has 27 heavy (non-hydrogen) atoms. The highest BCUT2D eigenvalue weighted by atomic mass is 32.2. The molecule has 2 aliphatic rings. The number of nitro benzene ring substituents is 1. The molecule has 0 amide bonds. The van der Waals surface area contributed by atoms with E-state index in [1.807, 2.05) is 10.6 Å². The van der Waals surface area contributed by atoms with E-state index in [4.69, 9.17) is 0 Å². The Balaban J connectivity index is 1.80. The summed E-state index contributed by atoms with van der Waals surface area (Å²) in [5.41, 5.74) is 3.02. The van der Waals surface area contributed by atoms with Crippen LogP contribution in [0, 0.1) is 24.0 Å². The van der Waals surface area contributed by atoms with Crippen LogP contribution in [-0.4, -0.2) is 38.6 Å². The van der Waals surface area contributed by atoms with Gasteiger partial charge in [0.2, 0.25) is 0 Å². The number of benzene rings is 2. The summed E-state index contributed by atoms with van der Waals surface area (Å²) in [6.45, 7) is 5.36. The fraction of sp³-hybridized carbons (Fsp3) is 0.350. The molecule has 0 aromatic heterocycles. The minimum absolute atomic E-state index is 0.0314. The lowest BCUT2D eigenvalue weighted by molar-refractivity contribution is -0.656. The average molecular weight is 384 g/mol. The van der Waals surface area contributed by atoms with Crippen molar-refractivity contribution in [3.8, 4) is 0 Å². The second-order valence-electron chi connectivity index (χ2n) is 7.06. The third kappa shape index (κ3) is 2.91. The Bertz CT molecular complexity index is 942. The fourth-order valence-corrected chi connectivity index (χ4v) is 4.99. The predicted octanol–water partition coefficient (Wildman–Crippen LogP) is 3.38. The van der Waals surface area contributed by atoms with Gasteiger partial charge in [0.1, 0.15) is 5.69 Å². The van der Waals surface area contributed by atoms with Crippen LogP contribution in [0.15, 0.2) is 42.5 Å². The minimum atomic E-state index is -1.20. The molecular formula is C20H22N3O3S+. The molecular weight excluding hydrogens is 362 g/mol. The monoisotopic (exact) mass is 384 g/mol. The molecule has 6 nitrogen and oxygen atoms in total. The first kappa shape index (κ1) is 18.0. The molecule has 0 spiro atoms. The van der Waals surface area contributed by atoms with E-state index in [2.05, 4.69) is 30.9 Å². The van der Waals surface area contributed by atoms with E-state index in [1.165, 1.54) is 23.3 Å². The minimum Gasteiger partial charge on any atom is -0.346 e. The zero-order chi connectivity index (χ0) is 19.2. The first-order valence-electron chi connectivity index (χ1n) is 9.00. The van der Waals surface area contributed by atoms with Gasteiger partial charge >= 0.3 is 5.17 Å². The molecule has 7 heteroatoms. The summed E-state index contributed by atoms with van der Waals surface area (Å²) in [5.74, 6) is 1.02. The number of nitro groups is 1. The number of thioether (sulfide) groups is 1. The maximum atomic E-state index is 11.7. The molecule has 1 atom stereocenters. The van der Waals surface area contributed by atoms with Gasteiger partial charge < -0.3 is 5.11 Å². The lowest BCUT2D eigenvalue weighted by atomic mass is 10.0. The van der Waals surface area contributed by atoms with Gasteiger partial charge in [0, 0.05) is 23.4 Å². The summed E-state index contributed by atoms with van der Waals surface area (Å²) in [5, 5.41) is 23.7. The van der Waals surface area contributed by atoms with Crippen LogP contribution in [0.5, 0.6) is 0 Å². The number of hydrogen-bond donors (Lipinski definition) is 1. The number of aliphatic hydroxyl groups is 1. The number of hydrogen-bond acceptors (Lipinski definition) is 5. The van der Waals surface area contributed by atoms with Gasteiger partial charge in [-0.05, 0) is 61.4 Å². The Morgan fingerprint density at radius 3 is 2.67 bits per heavy atom. The number of β-amino-alcohol motifs (C(OH)–C–C–N with tert-alkyl or cyclic N) is 1. The third-order valence-electron chi connectivity index (χ3n) is 5.45. The fourth-order valence-electron chi connectivity index (χ4n) is 3.81. The van der Waals surface area contributed by atoms with Crippen LogP contribution in [0.3, 0.4) is 0 Å². The van der Waals surface area contributed by atoms with E-state index in [9.17, 15) is 15.2 Å². The van der Waals surface area contributed by atoms with Crippen molar-refractivity contribution in [3.63, 3.8) is 0 Å². The first-order chi connectivity index (χ1) is 12.9. The van der Waals surface area contributed by atoms with Crippen LogP contribution in [0.2, 0.25) is 0 Å². The highest BCUT2D eigenvalue weighted by molar-refractivity contribution is 8.13. The van der Waals surface area contributed by atoms with Crippen LogP contribution in [-0.2, 0) is 5.72 Å². The van der Waals surface area contributed by atoms with Crippen LogP contribution in [0.25, 0.3) is 0 Å². The second kappa shape index (κ2) is 6.65. The van der Waals surface area contributed by atoms with E-state index in [0.717, 1.165) is 29.6 Å². The Morgan fingerprint density at radius 2 is 1.96 bits per heavy atom. The van der Waals surface area contributed by atoms with Crippen LogP contribution >= 0.6 is 11.8 Å². The number of amidine groups is 1. The lowest BCUT2D eigenvalue weighted by Gasteiger charge is -2.24. The maximum Gasteiger partial charge on any atom is 0.316 e. The van der Waals surface area contributed by atoms with E-state index < -0.39 is 10.6 Å². The number of non-ortho nitro benzene ring substituents is 1. The van der Waals surface area contributed by atoms with Gasteiger partial charge in [0.15, 0.2) is 6.54 Å². The zero-order valence-corrected chi connectivity index (χ0v) is 16.2. The Hall–Kier alpha value is -2.38. The molecule has 0 unspecified atom stereocenters. The molecule has 0 saturated heterocycles. The van der Waals surface area contributed by atoms with Gasteiger partial charge in [-0.25, -0.2) is 9.48 Å². The maximum absolute atomic E-state index is 11.7. The van der Waals surface area contributed by atoms with E-state index >= 15 is 0 Å². The standard InChI is InChI=1S/C20H22N3O3S/c1-14-5-3-6-18(15(14)2)21-13-20(24,22-11-4-12-27-19(21)22)16-7-9-17(10-8-16)23(25)26/h3,5-10,24H,4,11-13H2,1-2H3/q+1/t20-/m0/s1. The largest absolute Gasteiger partial charge is 0.346 e. The van der Waals surface area contributed by atoms with Crippen molar-refractivity contribution in [3.05, 3.63) is 69.3 Å². The van der Waals surface area contributed by atoms with E-state index in [1.54, 1.807) is 23.9 Å². The number of anilines is 1. The lowest BCUT2D eigenvalue weighted by Crippen LogP contribution is -2.41. The molecule has 2 aromatic carbocycles. The van der Waals surface area contributed by atoms with Gasteiger partial charge in [-0.3, -0.25) is 10.1 Å². The Labute approximate surface area is 162 Å². The molecule has 0 bridgehead atoms. The smallest absolute Gasteiger partial charge is 0.316 e. The summed E-state index contributed by atoms with van der Waals surface area (Å²) in [6.07, 6.45) is 0.990. The van der Waals surface area contributed by atoms with E-state index in [0.29, 0.717) is 12.1 Å². The summed E-state index contributed by atoms with van der Waals surface area (Å²) in [7, 11) is 0. The molecule has 2 aromatic rings. The van der Waals surface area contributed by atoms with Gasteiger partial charge in [-0.1, -0.05) is 12.1 Å². The van der Waals surface area contributed by atoms with Crippen LogP contribution < -0.4 is 4.90 Å². The molecule has 4 rings (SSSR count). The molecule has 2 aliphatic heterocycles. The van der Waals surface area contributed by atoms with Crippen LogP contribution in [0.1, 0.15) is 23.1 Å². The van der Waals surface area contributed by atoms with Crippen LogP contribution in [0.4, 0.5) is 11.4 Å². The second-order valence-corrected chi connectivity index (χ2v) is 8.12. The van der Waals surface area contributed by atoms with Crippen molar-refractivity contribution in [1.29, 1.82) is 0 Å². The van der Waals surface area contributed by atoms with Gasteiger partial charge in [0.25, 0.3) is 11.4 Å². The molecule has 1 N–H and O–H groups in total. The molecule has 0 aliphatic carbocycles. The molecule has 0 saturated carbocycles. The molecule has 140 valence electrons. The first-order valence-corrected chi connectivity index (χ1v) is 9.99. The quantitative estimate of drug-likeness (QED) is 0.499. The highest BCUT2D eigenvalue weighted by Crippen LogP contribution is 2.39. The zero-order valence-electron chi connectivity index (χ0n) is 15.4. The number of rotatable bonds is 3. The molecule has 2 heterocycles. The summed E-state index contributed by atoms with van der Waals surface area (Å²) >= 11 is 1.76. The van der Waals surface area contributed by atoms with Crippen molar-refractivity contribution < 1.29 is 14.6 Å². The number of aryl methyl sites for hydroxylation is 1. The van der Waals surface area contributed by atoms with Gasteiger partial charge in [-0.15, -0.1) is 0 Å². The van der Waals surface area contributed by atoms with E-state index in [-0.39, 0.29) is 5.69 Å². The van der Waals surface area contributed by atoms with Crippen molar-refractivity contribution in [2.24, 2.45) is 0 Å². The predicted molar refractivity (Wildman–Crippen MR) is 107 cm³/mol. The van der Waals surface area contributed by atoms with Gasteiger partial charge in [-0.2, -0.15) is 0 Å². The highest BCUT2D eigenvalue weighted by Gasteiger charge is 2.53. The number of nitrogens with zero attached hydrogens (tertiary/aromatic N) is 3. The topological polar surface area (TPSA) is 69.6 Å². The normalized spacial score (nSPS) is 22.1. The average Bonchev–Trinajstić information content (AvgIpc) is 2.98. The van der Waals surface area contributed by atoms with Crippen molar-refractivity contribution >= 4 is 28.3 Å². The SMILES string of the molecule is Cc1cccc(N2C[C@](O)(c3ccc([N+](=O)[O-])cc3)[N+]3=C2SCCC3)c1C.